The van der Waals surface area contributed by atoms with E-state index >= 15 is 0 Å². The van der Waals surface area contributed by atoms with Crippen molar-refractivity contribution in [1.82, 2.24) is 14.4 Å². The van der Waals surface area contributed by atoms with Crippen molar-refractivity contribution in [2.75, 3.05) is 12.8 Å². The van der Waals surface area contributed by atoms with Crippen molar-refractivity contribution >= 4 is 11.3 Å². The van der Waals surface area contributed by atoms with Crippen LogP contribution in [0.15, 0.2) is 23.0 Å². The van der Waals surface area contributed by atoms with Crippen molar-refractivity contribution < 1.29 is 9.72 Å². The number of aromatic amines is 2. The van der Waals surface area contributed by atoms with Crippen LogP contribution >= 0.6 is 0 Å². The highest BCUT2D eigenvalue weighted by Gasteiger charge is 2.28. The minimum absolute atomic E-state index is 0.186. The number of hydrogen-bond donors (Lipinski definition) is 2. The van der Waals surface area contributed by atoms with E-state index in [-0.39, 0.29) is 5.69 Å². The number of ether oxygens (including phenoxy) is 1. The number of fused-ring (bicyclic) bond motifs is 1. The van der Waals surface area contributed by atoms with Gasteiger partial charge < -0.3 is 10.5 Å². The number of nitrogen functional groups attached to an aromatic ring is 1. The Bertz CT molecular complexity index is 1010. The predicted octanol–water partition coefficient (Wildman–Crippen LogP) is 2.45. The van der Waals surface area contributed by atoms with Gasteiger partial charge in [-0.05, 0) is 31.9 Å². The van der Waals surface area contributed by atoms with Crippen LogP contribution in [0.4, 0.5) is 5.69 Å². The molecule has 136 valence electrons. The van der Waals surface area contributed by atoms with Crippen LogP contribution in [0, 0.1) is 6.92 Å². The predicted molar refractivity (Wildman–Crippen MR) is 99.3 cm³/mol. The van der Waals surface area contributed by atoms with Gasteiger partial charge in [-0.25, -0.2) is 19.7 Å². The summed E-state index contributed by atoms with van der Waals surface area (Å²) < 4.78 is 7.11. The smallest absolute Gasteiger partial charge is 0.449 e. The molecule has 4 rings (SSSR count). The summed E-state index contributed by atoms with van der Waals surface area (Å²) in [5, 5.41) is 0. The Morgan fingerprint density at radius 3 is 2.81 bits per heavy atom. The first-order valence-corrected chi connectivity index (χ1v) is 9.07. The zero-order valence-corrected chi connectivity index (χ0v) is 15.1. The van der Waals surface area contributed by atoms with E-state index in [2.05, 4.69) is 9.97 Å². The van der Waals surface area contributed by atoms with Crippen LogP contribution in [-0.2, 0) is 0 Å². The molecule has 1 aliphatic rings. The Morgan fingerprint density at radius 1 is 1.31 bits per heavy atom. The highest BCUT2D eigenvalue weighted by Crippen LogP contribution is 2.32. The average molecular weight is 354 g/mol. The maximum absolute atomic E-state index is 12.9. The average Bonchev–Trinajstić information content (AvgIpc) is 2.99. The summed E-state index contributed by atoms with van der Waals surface area (Å²) in [7, 11) is 1.58. The number of benzene rings is 1. The van der Waals surface area contributed by atoms with Crippen molar-refractivity contribution in [2.45, 2.75) is 44.9 Å². The van der Waals surface area contributed by atoms with Gasteiger partial charge in [-0.3, -0.25) is 0 Å². The number of nitrogens with two attached hydrogens (primary N) is 1. The van der Waals surface area contributed by atoms with E-state index in [1.165, 1.54) is 19.3 Å². The largest absolute Gasteiger partial charge is 0.496 e. The number of aromatic nitrogens is 4. The molecule has 0 radical (unpaired) electrons. The van der Waals surface area contributed by atoms with Crippen LogP contribution in [0.1, 0.15) is 49.5 Å². The fourth-order valence-electron chi connectivity index (χ4n) is 3.90. The molecule has 7 heteroatoms. The molecular formula is C19H24N5O2+. The topological polar surface area (TPSA) is 99.5 Å². The first-order valence-electron chi connectivity index (χ1n) is 9.07. The number of imidazole rings is 1. The molecule has 0 bridgehead atoms. The Balaban J connectivity index is 1.88. The monoisotopic (exact) mass is 354 g/mol. The molecule has 2 aromatic heterocycles. The van der Waals surface area contributed by atoms with Crippen LogP contribution in [0.3, 0.4) is 0 Å². The van der Waals surface area contributed by atoms with Crippen molar-refractivity contribution in [3.05, 3.63) is 40.2 Å². The number of aryl methyl sites for hydroxylation is 1. The normalized spacial score (nSPS) is 15.5. The van der Waals surface area contributed by atoms with Gasteiger partial charge in [0.05, 0.1) is 12.7 Å². The maximum atomic E-state index is 12.9. The van der Waals surface area contributed by atoms with Crippen molar-refractivity contribution in [3.63, 3.8) is 0 Å². The molecule has 3 aromatic rings. The zero-order valence-electron chi connectivity index (χ0n) is 15.1. The van der Waals surface area contributed by atoms with Crippen LogP contribution < -0.4 is 21.1 Å². The molecule has 0 amide bonds. The number of anilines is 1. The van der Waals surface area contributed by atoms with E-state index in [1.54, 1.807) is 23.6 Å². The van der Waals surface area contributed by atoms with Gasteiger partial charge in [0.15, 0.2) is 5.82 Å². The zero-order chi connectivity index (χ0) is 18.3. The first-order chi connectivity index (χ1) is 12.6. The second-order valence-electron chi connectivity index (χ2n) is 6.96. The summed E-state index contributed by atoms with van der Waals surface area (Å²) in [6, 6.07) is 5.35. The third kappa shape index (κ3) is 2.73. The van der Waals surface area contributed by atoms with E-state index in [9.17, 15) is 4.79 Å². The Labute approximate surface area is 151 Å². The lowest BCUT2D eigenvalue weighted by molar-refractivity contribution is -0.342. The SMILES string of the molecule is COc1cc(N)ccc1-c1[nH]c(=O)n2c(C3CCCCC3)nc(C)c2[nH+]1. The van der Waals surface area contributed by atoms with Crippen LogP contribution in [0.2, 0.25) is 0 Å². The van der Waals surface area contributed by atoms with Gasteiger partial charge >= 0.3 is 5.69 Å². The van der Waals surface area contributed by atoms with Gasteiger partial charge in [-0.15, -0.1) is 4.40 Å². The van der Waals surface area contributed by atoms with Crippen LogP contribution in [-0.4, -0.2) is 21.5 Å². The third-order valence-corrected chi connectivity index (χ3v) is 5.22. The lowest BCUT2D eigenvalue weighted by atomic mass is 9.89. The first kappa shape index (κ1) is 16.6. The molecule has 4 N–H and O–H groups in total. The highest BCUT2D eigenvalue weighted by atomic mass is 16.5. The molecule has 1 saturated carbocycles. The lowest BCUT2D eigenvalue weighted by Gasteiger charge is -2.18. The minimum Gasteiger partial charge on any atom is -0.496 e. The van der Waals surface area contributed by atoms with E-state index in [0.29, 0.717) is 23.2 Å². The number of rotatable bonds is 3. The number of methoxy groups -OCH3 is 1. The summed E-state index contributed by atoms with van der Waals surface area (Å²) >= 11 is 0. The van der Waals surface area contributed by atoms with Gasteiger partial charge in [-0.2, -0.15) is 0 Å². The van der Waals surface area contributed by atoms with E-state index in [1.807, 2.05) is 13.0 Å². The van der Waals surface area contributed by atoms with Crippen LogP contribution in [0.5, 0.6) is 5.75 Å². The molecule has 1 fully saturated rings. The molecular weight excluding hydrogens is 330 g/mol. The standard InChI is InChI=1S/C19H23N5O2/c1-11-17-22-16(14-9-8-13(20)10-15(14)26-2)23-19(25)24(17)18(21-11)12-6-4-3-5-7-12/h8-10,12H,3-7,20H2,1-2H3,(H,22,23,25)/p+1. The van der Waals surface area contributed by atoms with E-state index < -0.39 is 0 Å². The van der Waals surface area contributed by atoms with Crippen molar-refractivity contribution in [1.29, 1.82) is 0 Å². The lowest BCUT2D eigenvalue weighted by Crippen LogP contribution is -2.29. The Morgan fingerprint density at radius 2 is 2.08 bits per heavy atom. The summed E-state index contributed by atoms with van der Waals surface area (Å²) in [5.41, 5.74) is 8.56. The summed E-state index contributed by atoms with van der Waals surface area (Å²) in [5.74, 6) is 2.39. The quantitative estimate of drug-likeness (QED) is 0.706. The molecule has 0 spiro atoms. The summed E-state index contributed by atoms with van der Waals surface area (Å²) in [6.07, 6.45) is 5.83. The molecule has 26 heavy (non-hydrogen) atoms. The summed E-state index contributed by atoms with van der Waals surface area (Å²) in [4.78, 5) is 23.9. The highest BCUT2D eigenvalue weighted by molar-refractivity contribution is 5.66. The van der Waals surface area contributed by atoms with E-state index in [4.69, 9.17) is 15.5 Å². The fourth-order valence-corrected chi connectivity index (χ4v) is 3.90. The number of hydrogen-bond acceptors (Lipinski definition) is 4. The van der Waals surface area contributed by atoms with Gasteiger partial charge in [0.25, 0.3) is 5.65 Å². The molecule has 7 nitrogen and oxygen atoms in total. The molecule has 0 saturated heterocycles. The van der Waals surface area contributed by atoms with Gasteiger partial charge in [0, 0.05) is 17.7 Å². The second kappa shape index (κ2) is 6.48. The molecule has 0 aliphatic heterocycles. The summed E-state index contributed by atoms with van der Waals surface area (Å²) in [6.45, 7) is 1.93. The molecule has 1 aromatic carbocycles. The van der Waals surface area contributed by atoms with Gasteiger partial charge in [0.1, 0.15) is 11.4 Å². The van der Waals surface area contributed by atoms with Crippen LogP contribution in [0.25, 0.3) is 17.0 Å². The molecule has 0 atom stereocenters. The number of nitrogens with one attached hydrogen (secondary N) is 2. The minimum atomic E-state index is -0.186. The maximum Gasteiger partial charge on any atom is 0.449 e. The molecule has 0 unspecified atom stereocenters. The van der Waals surface area contributed by atoms with E-state index in [0.717, 1.165) is 35.6 Å². The Hall–Kier alpha value is -2.83. The second-order valence-corrected chi connectivity index (χ2v) is 6.96. The molecule has 1 aliphatic carbocycles. The molecule has 2 heterocycles. The third-order valence-electron chi connectivity index (χ3n) is 5.22. The van der Waals surface area contributed by atoms with Crippen molar-refractivity contribution in [3.8, 4) is 17.1 Å². The Kier molecular flexibility index (Phi) is 4.14. The van der Waals surface area contributed by atoms with Gasteiger partial charge in [-0.1, -0.05) is 19.3 Å². The van der Waals surface area contributed by atoms with Gasteiger partial charge in [0.2, 0.25) is 5.82 Å². The number of H-pyrrole nitrogens is 2. The fraction of sp³-hybridized carbons (Fsp3) is 0.421. The number of nitrogens with zero attached hydrogens (tertiary/aromatic N) is 2. The van der Waals surface area contributed by atoms with Crippen molar-refractivity contribution in [2.24, 2.45) is 0 Å².